The van der Waals surface area contributed by atoms with Crippen molar-refractivity contribution in [3.63, 3.8) is 0 Å². The molecule has 3 heteroatoms. The van der Waals surface area contributed by atoms with E-state index in [0.717, 1.165) is 12.3 Å². The Balaban J connectivity index is 0.000000930. The van der Waals surface area contributed by atoms with E-state index in [0.29, 0.717) is 5.41 Å². The molecular weight excluding hydrogens is 342 g/mol. The Labute approximate surface area is 176 Å². The van der Waals surface area contributed by atoms with Crippen LogP contribution >= 0.6 is 0 Å². The van der Waals surface area contributed by atoms with E-state index in [1.54, 1.807) is 0 Å². The van der Waals surface area contributed by atoms with Crippen molar-refractivity contribution >= 4 is 5.82 Å². The van der Waals surface area contributed by atoms with E-state index in [9.17, 15) is 0 Å². The molecule has 2 aliphatic rings. The second-order valence-corrected chi connectivity index (χ2v) is 7.92. The third kappa shape index (κ3) is 8.51. The van der Waals surface area contributed by atoms with Gasteiger partial charge in [-0.15, -0.1) is 0 Å². The Bertz CT molecular complexity index is 451. The summed E-state index contributed by atoms with van der Waals surface area (Å²) < 4.78 is 0. The van der Waals surface area contributed by atoms with Crippen molar-refractivity contribution in [1.29, 1.82) is 0 Å². The molecule has 0 bridgehead atoms. The normalized spacial score (nSPS) is 18.1. The number of hydrogen-bond acceptors (Lipinski definition) is 3. The predicted octanol–water partition coefficient (Wildman–Crippen LogP) is 6.85. The molecule has 0 atom stereocenters. The van der Waals surface area contributed by atoms with E-state index in [-0.39, 0.29) is 0 Å². The molecule has 1 saturated carbocycles. The average molecular weight is 392 g/mol. The Morgan fingerprint density at radius 2 is 1.50 bits per heavy atom. The summed E-state index contributed by atoms with van der Waals surface area (Å²) in [6.07, 6.45) is 14.4. The van der Waals surface area contributed by atoms with E-state index in [2.05, 4.69) is 55.4 Å². The van der Waals surface area contributed by atoms with Crippen LogP contribution in [0, 0.1) is 11.3 Å². The van der Waals surface area contributed by atoms with Crippen LogP contribution in [0.5, 0.6) is 0 Å². The quantitative estimate of drug-likeness (QED) is 0.612. The van der Waals surface area contributed by atoms with Crippen LogP contribution in [0.3, 0.4) is 0 Å². The fraction of sp³-hybridized carbons (Fsp3) is 0.800. The van der Waals surface area contributed by atoms with Crippen LogP contribution in [0.15, 0.2) is 18.3 Å². The highest BCUT2D eigenvalue weighted by molar-refractivity contribution is 5.40. The number of rotatable bonds is 3. The van der Waals surface area contributed by atoms with Crippen LogP contribution in [0.25, 0.3) is 0 Å². The van der Waals surface area contributed by atoms with Gasteiger partial charge in [-0.1, -0.05) is 60.5 Å². The van der Waals surface area contributed by atoms with Gasteiger partial charge in [0.15, 0.2) is 0 Å². The molecule has 3 rings (SSSR count). The summed E-state index contributed by atoms with van der Waals surface area (Å²) in [6.45, 7) is 15.2. The number of pyridine rings is 1. The molecule has 28 heavy (non-hydrogen) atoms. The molecule has 2 fully saturated rings. The van der Waals surface area contributed by atoms with Crippen molar-refractivity contribution in [1.82, 2.24) is 4.98 Å². The summed E-state index contributed by atoms with van der Waals surface area (Å²) >= 11 is 0. The number of hydrogen-bond donors (Lipinski definition) is 1. The maximum atomic E-state index is 4.66. The lowest BCUT2D eigenvalue weighted by Crippen LogP contribution is -2.42. The molecule has 1 aliphatic carbocycles. The zero-order valence-electron chi connectivity index (χ0n) is 20.1. The van der Waals surface area contributed by atoms with Crippen molar-refractivity contribution in [2.75, 3.05) is 25.0 Å². The minimum atomic E-state index is 0.672. The maximum Gasteiger partial charge on any atom is 0.128 e. The predicted molar refractivity (Wildman–Crippen MR) is 127 cm³/mol. The molecule has 0 amide bonds. The van der Waals surface area contributed by atoms with Gasteiger partial charge < -0.3 is 10.6 Å². The Kier molecular flexibility index (Phi) is 15.2. The standard InChI is InChI=1S/C19H30N2.C3H8.C2H6.CH5N/c1-3-16-7-9-19(10-8-16)11-13-21(14-12-19)18-6-5-17(4-2)15-20-18;1-3-2;2*1-2/h5-6,15-16H,3-4,7-14H2,1-2H3;3H2,1-2H3;1-2H3;2H2,1H3. The molecule has 0 aromatic carbocycles. The molecule has 0 unspecified atom stereocenters. The van der Waals surface area contributed by atoms with E-state index in [1.807, 2.05) is 20.0 Å². The van der Waals surface area contributed by atoms with Crippen molar-refractivity contribution in [2.24, 2.45) is 17.1 Å². The van der Waals surface area contributed by atoms with Crippen LogP contribution in [0.4, 0.5) is 5.82 Å². The highest BCUT2D eigenvalue weighted by Gasteiger charge is 2.37. The largest absolute Gasteiger partial charge is 0.357 e. The first-order chi connectivity index (χ1) is 13.7. The number of piperidine rings is 1. The van der Waals surface area contributed by atoms with Gasteiger partial charge in [0, 0.05) is 19.3 Å². The second kappa shape index (κ2) is 15.8. The van der Waals surface area contributed by atoms with Gasteiger partial charge in [0.2, 0.25) is 0 Å². The van der Waals surface area contributed by atoms with Crippen LogP contribution in [-0.4, -0.2) is 25.1 Å². The number of aryl methyl sites for hydroxylation is 1. The van der Waals surface area contributed by atoms with E-state index in [4.69, 9.17) is 0 Å². The van der Waals surface area contributed by atoms with Gasteiger partial charge in [-0.05, 0) is 75.0 Å². The van der Waals surface area contributed by atoms with Crippen molar-refractivity contribution in [2.45, 2.75) is 99.3 Å². The third-order valence-corrected chi connectivity index (χ3v) is 6.11. The van der Waals surface area contributed by atoms with Crippen LogP contribution in [0.1, 0.15) is 98.5 Å². The van der Waals surface area contributed by atoms with Gasteiger partial charge in [-0.3, -0.25) is 0 Å². The first-order valence-electron chi connectivity index (χ1n) is 11.9. The second-order valence-electron chi connectivity index (χ2n) is 7.92. The van der Waals surface area contributed by atoms with E-state index in [1.165, 1.54) is 82.9 Å². The topological polar surface area (TPSA) is 42.2 Å². The van der Waals surface area contributed by atoms with Gasteiger partial charge >= 0.3 is 0 Å². The summed E-state index contributed by atoms with van der Waals surface area (Å²) in [6, 6.07) is 4.45. The molecule has 0 radical (unpaired) electrons. The molecule has 1 aromatic heterocycles. The first kappa shape index (κ1) is 26.9. The fourth-order valence-corrected chi connectivity index (χ4v) is 4.22. The monoisotopic (exact) mass is 391 g/mol. The van der Waals surface area contributed by atoms with Gasteiger partial charge in [0.1, 0.15) is 5.82 Å². The highest BCUT2D eigenvalue weighted by Crippen LogP contribution is 2.47. The average Bonchev–Trinajstić information content (AvgIpc) is 2.78. The van der Waals surface area contributed by atoms with Crippen LogP contribution < -0.4 is 10.6 Å². The minimum Gasteiger partial charge on any atom is -0.357 e. The van der Waals surface area contributed by atoms with Gasteiger partial charge in [0.05, 0.1) is 0 Å². The number of anilines is 1. The summed E-state index contributed by atoms with van der Waals surface area (Å²) in [4.78, 5) is 7.15. The summed E-state index contributed by atoms with van der Waals surface area (Å²) in [5.74, 6) is 2.20. The lowest BCUT2D eigenvalue weighted by atomic mass is 9.65. The molecule has 3 nitrogen and oxygen atoms in total. The Hall–Kier alpha value is -1.09. The molecule has 1 saturated heterocycles. The van der Waals surface area contributed by atoms with E-state index < -0.39 is 0 Å². The lowest BCUT2D eigenvalue weighted by Gasteiger charge is -2.46. The molecule has 1 aliphatic heterocycles. The molecular formula is C25H49N3. The number of aromatic nitrogens is 1. The minimum absolute atomic E-state index is 0.672. The number of nitrogens with zero attached hydrogens (tertiary/aromatic N) is 2. The van der Waals surface area contributed by atoms with Crippen molar-refractivity contribution < 1.29 is 0 Å². The van der Waals surface area contributed by atoms with Crippen LogP contribution in [0.2, 0.25) is 0 Å². The fourth-order valence-electron chi connectivity index (χ4n) is 4.22. The number of nitrogens with two attached hydrogens (primary N) is 1. The van der Waals surface area contributed by atoms with Crippen LogP contribution in [-0.2, 0) is 6.42 Å². The summed E-state index contributed by atoms with van der Waals surface area (Å²) in [7, 11) is 1.50. The molecule has 164 valence electrons. The maximum absolute atomic E-state index is 4.66. The smallest absolute Gasteiger partial charge is 0.128 e. The lowest BCUT2D eigenvalue weighted by molar-refractivity contribution is 0.112. The first-order valence-corrected chi connectivity index (χ1v) is 11.9. The zero-order chi connectivity index (χ0) is 21.4. The molecule has 2 N–H and O–H groups in total. The van der Waals surface area contributed by atoms with Crippen molar-refractivity contribution in [3.05, 3.63) is 23.9 Å². The van der Waals surface area contributed by atoms with E-state index >= 15 is 0 Å². The SMILES string of the molecule is CC.CCC.CCc1ccc(N2CCC3(CCC(CC)CC3)CC2)nc1.CN. The zero-order valence-corrected chi connectivity index (χ0v) is 20.1. The van der Waals surface area contributed by atoms with Gasteiger partial charge in [0.25, 0.3) is 0 Å². The molecule has 1 spiro atoms. The van der Waals surface area contributed by atoms with Crippen molar-refractivity contribution in [3.8, 4) is 0 Å². The molecule has 2 heterocycles. The van der Waals surface area contributed by atoms with Gasteiger partial charge in [-0.2, -0.15) is 0 Å². The summed E-state index contributed by atoms with van der Waals surface area (Å²) in [5.41, 5.74) is 6.51. The Morgan fingerprint density at radius 3 is 1.89 bits per heavy atom. The summed E-state index contributed by atoms with van der Waals surface area (Å²) in [5, 5.41) is 0. The third-order valence-electron chi connectivity index (χ3n) is 6.11. The highest BCUT2D eigenvalue weighted by atomic mass is 15.2. The van der Waals surface area contributed by atoms with Gasteiger partial charge in [-0.25, -0.2) is 4.98 Å². The Morgan fingerprint density at radius 1 is 0.964 bits per heavy atom. The molecule has 1 aromatic rings.